The van der Waals surface area contributed by atoms with E-state index in [0.717, 1.165) is 11.4 Å². The fourth-order valence-electron chi connectivity index (χ4n) is 17.3. The van der Waals surface area contributed by atoms with Gasteiger partial charge in [0.05, 0.1) is 55.5 Å². The molecule has 0 radical (unpaired) electrons. The fourth-order valence-corrected chi connectivity index (χ4v) is 17.3. The lowest BCUT2D eigenvalue weighted by Crippen LogP contribution is -1.97. The number of para-hydroxylation sites is 6. The van der Waals surface area contributed by atoms with Crippen LogP contribution in [0.2, 0.25) is 0 Å². The third-order valence-electron chi connectivity index (χ3n) is 22.7. The monoisotopic (exact) mass is 1420 g/mol. The molecule has 0 saturated carbocycles. The Morgan fingerprint density at radius 3 is 0.759 bits per heavy atom. The molecule has 112 heavy (non-hydrogen) atoms. The van der Waals surface area contributed by atoms with E-state index in [1.54, 1.807) is 0 Å². The first-order valence-corrected chi connectivity index (χ1v) is 38.5. The molecule has 0 aliphatic heterocycles. The molecule has 0 bridgehead atoms. The summed E-state index contributed by atoms with van der Waals surface area (Å²) in [7, 11) is 0. The van der Waals surface area contributed by atoms with Gasteiger partial charge >= 0.3 is 0 Å². The van der Waals surface area contributed by atoms with Crippen LogP contribution in [0, 0.1) is 0 Å². The van der Waals surface area contributed by atoms with Gasteiger partial charge in [0.15, 0.2) is 0 Å². The summed E-state index contributed by atoms with van der Waals surface area (Å²) in [6.07, 6.45) is 0. The number of benzene rings is 18. The molecule has 0 aliphatic carbocycles. The molecule has 0 atom stereocenters. The minimum absolute atomic E-state index is 1.15. The Kier molecular flexibility index (Phi) is 16.2. The molecule has 4 heterocycles. The largest absolute Gasteiger partial charge is 0.309 e. The summed E-state index contributed by atoms with van der Waals surface area (Å²) in [6.45, 7) is 0. The molecule has 0 amide bonds. The Morgan fingerprint density at radius 2 is 0.357 bits per heavy atom. The molecule has 4 nitrogen and oxygen atoms in total. The van der Waals surface area contributed by atoms with Crippen molar-refractivity contribution in [3.63, 3.8) is 0 Å². The summed E-state index contributed by atoms with van der Waals surface area (Å²) in [5.74, 6) is 0. The van der Waals surface area contributed by atoms with Gasteiger partial charge in [0.2, 0.25) is 0 Å². The van der Waals surface area contributed by atoms with Crippen LogP contribution in [-0.4, -0.2) is 18.3 Å². The van der Waals surface area contributed by atoms with Crippen LogP contribution in [0.4, 0.5) is 0 Å². The van der Waals surface area contributed by atoms with Gasteiger partial charge < -0.3 is 18.3 Å². The van der Waals surface area contributed by atoms with Crippen LogP contribution in [0.15, 0.2) is 437 Å². The van der Waals surface area contributed by atoms with E-state index < -0.39 is 0 Å². The zero-order valence-electron chi connectivity index (χ0n) is 61.4. The van der Waals surface area contributed by atoms with Crippen molar-refractivity contribution in [3.05, 3.63) is 437 Å². The van der Waals surface area contributed by atoms with Gasteiger partial charge in [-0.05, 0) is 181 Å². The molecule has 0 fully saturated rings. The van der Waals surface area contributed by atoms with Crippen LogP contribution >= 0.6 is 0 Å². The molecule has 18 aromatic carbocycles. The molecule has 0 aliphatic rings. The van der Waals surface area contributed by atoms with Crippen LogP contribution in [0.3, 0.4) is 0 Å². The summed E-state index contributed by atoms with van der Waals surface area (Å²) in [5.41, 5.74) is 33.6. The van der Waals surface area contributed by atoms with Crippen LogP contribution in [0.5, 0.6) is 0 Å². The van der Waals surface area contributed by atoms with Crippen molar-refractivity contribution in [1.82, 2.24) is 18.3 Å². The lowest BCUT2D eigenvalue weighted by Gasteiger charge is -2.14. The van der Waals surface area contributed by atoms with E-state index in [-0.39, 0.29) is 0 Å². The summed E-state index contributed by atoms with van der Waals surface area (Å²) >= 11 is 0. The number of aromatic nitrogens is 4. The summed E-state index contributed by atoms with van der Waals surface area (Å²) in [5, 5.41) is 9.99. The summed E-state index contributed by atoms with van der Waals surface area (Å²) < 4.78 is 9.70. The topological polar surface area (TPSA) is 19.7 Å². The van der Waals surface area contributed by atoms with E-state index in [4.69, 9.17) is 0 Å². The Labute approximate surface area is 649 Å². The van der Waals surface area contributed by atoms with Gasteiger partial charge in [-0.15, -0.1) is 0 Å². The maximum atomic E-state index is 2.45. The first-order chi connectivity index (χ1) is 55.6. The van der Waals surface area contributed by atoms with E-state index in [1.165, 1.54) is 188 Å². The van der Waals surface area contributed by atoms with E-state index in [1.807, 2.05) is 0 Å². The molecule has 0 spiro atoms. The highest BCUT2D eigenvalue weighted by Crippen LogP contribution is 2.44. The van der Waals surface area contributed by atoms with Crippen molar-refractivity contribution in [2.45, 2.75) is 0 Å². The second-order valence-corrected chi connectivity index (χ2v) is 29.1. The lowest BCUT2D eigenvalue weighted by atomic mass is 9.99. The second kappa shape index (κ2) is 27.7. The Bertz CT molecular complexity index is 7310. The zero-order valence-corrected chi connectivity index (χ0v) is 61.4. The standard InChI is InChI=1S/2C54H36N2/c1-3-14-37(15-4-1)40-18-13-19-41(34-40)38-26-30-44(31-27-38)55-51-24-11-9-22-47(51)49-35-42(29-33-53(49)55)43-28-32-48-46-21-8-12-25-52(46)56(54(48)36-43)50-23-10-7-20-45(50)39-16-5-2-6-17-39;1-3-13-37(14-4-1)38-23-25-39(26-24-38)40-27-31-44(32-28-40)55-51-21-11-9-19-47(51)49-35-42(30-34-53(49)55)43-29-33-48-46-18-8-12-22-52(46)56(54(48)36-43)50-20-10-7-17-45(50)41-15-5-2-6-16-41/h2*1-36H. The Hall–Kier alpha value is -14.8. The van der Waals surface area contributed by atoms with Crippen molar-refractivity contribution < 1.29 is 0 Å². The molecule has 0 unspecified atom stereocenters. The van der Waals surface area contributed by atoms with E-state index in [0.29, 0.717) is 0 Å². The second-order valence-electron chi connectivity index (χ2n) is 29.1. The van der Waals surface area contributed by atoms with Crippen molar-refractivity contribution in [3.8, 4) is 112 Å². The fraction of sp³-hybridized carbons (Fsp3) is 0. The maximum Gasteiger partial charge on any atom is 0.0547 e. The molecule has 0 saturated heterocycles. The third-order valence-corrected chi connectivity index (χ3v) is 22.7. The highest BCUT2D eigenvalue weighted by Gasteiger charge is 2.22. The quantitative estimate of drug-likeness (QED) is 0.116. The van der Waals surface area contributed by atoms with E-state index >= 15 is 0 Å². The molecular formula is C108H72N4. The van der Waals surface area contributed by atoms with Gasteiger partial charge in [-0.3, -0.25) is 0 Å². The third kappa shape index (κ3) is 11.5. The SMILES string of the molecule is c1ccc(-c2ccc(-c3ccc(-n4c5ccccc5c5cc(-c6ccc7c8ccccc8n(-c8ccccc8-c8ccccc8)c7c6)ccc54)cc3)cc2)cc1.c1ccc(-c2cccc(-c3ccc(-n4c5ccccc5c5cc(-c6ccc7c8ccccc8n(-c8ccccc8-c8ccccc8)c7c6)ccc54)cc3)c2)cc1. The van der Waals surface area contributed by atoms with Crippen LogP contribution in [0.25, 0.3) is 199 Å². The predicted octanol–water partition coefficient (Wildman–Crippen LogP) is 29.1. The van der Waals surface area contributed by atoms with Gasteiger partial charge in [0.25, 0.3) is 0 Å². The normalized spacial score (nSPS) is 11.6. The number of hydrogen-bond acceptors (Lipinski definition) is 0. The van der Waals surface area contributed by atoms with Gasteiger partial charge in [-0.2, -0.15) is 0 Å². The number of hydrogen-bond donors (Lipinski definition) is 0. The van der Waals surface area contributed by atoms with Crippen LogP contribution in [0.1, 0.15) is 0 Å². The minimum atomic E-state index is 1.15. The molecule has 4 heteroatoms. The number of fused-ring (bicyclic) bond motifs is 12. The van der Waals surface area contributed by atoms with Crippen molar-refractivity contribution in [2.75, 3.05) is 0 Å². The van der Waals surface area contributed by atoms with E-state index in [2.05, 4.69) is 455 Å². The van der Waals surface area contributed by atoms with Crippen molar-refractivity contribution in [2.24, 2.45) is 0 Å². The van der Waals surface area contributed by atoms with Gasteiger partial charge in [-0.25, -0.2) is 0 Å². The molecule has 22 aromatic rings. The molecule has 0 N–H and O–H groups in total. The average Bonchev–Trinajstić information content (AvgIpc) is 1.56. The molecular weight excluding hydrogens is 1350 g/mol. The van der Waals surface area contributed by atoms with E-state index in [9.17, 15) is 0 Å². The highest BCUT2D eigenvalue weighted by molar-refractivity contribution is 6.15. The summed E-state index contributed by atoms with van der Waals surface area (Å²) in [6, 6.07) is 159. The number of rotatable bonds is 12. The summed E-state index contributed by atoms with van der Waals surface area (Å²) in [4.78, 5) is 0. The zero-order chi connectivity index (χ0) is 74.0. The average molecular weight is 1430 g/mol. The van der Waals surface area contributed by atoms with Crippen LogP contribution < -0.4 is 0 Å². The molecule has 22 rings (SSSR count). The van der Waals surface area contributed by atoms with Gasteiger partial charge in [-0.1, -0.05) is 334 Å². The highest BCUT2D eigenvalue weighted by atomic mass is 15.0. The van der Waals surface area contributed by atoms with Gasteiger partial charge in [0.1, 0.15) is 0 Å². The predicted molar refractivity (Wildman–Crippen MR) is 474 cm³/mol. The Balaban J connectivity index is 0.000000141. The van der Waals surface area contributed by atoms with Crippen molar-refractivity contribution in [1.29, 1.82) is 0 Å². The Morgan fingerprint density at radius 1 is 0.116 bits per heavy atom. The molecule has 524 valence electrons. The van der Waals surface area contributed by atoms with Gasteiger partial charge in [0, 0.05) is 65.6 Å². The minimum Gasteiger partial charge on any atom is -0.309 e. The lowest BCUT2D eigenvalue weighted by molar-refractivity contribution is 1.18. The molecule has 4 aromatic heterocycles. The number of nitrogens with zero attached hydrogens (tertiary/aromatic N) is 4. The van der Waals surface area contributed by atoms with Crippen LogP contribution in [-0.2, 0) is 0 Å². The first kappa shape index (κ1) is 65.5. The first-order valence-electron chi connectivity index (χ1n) is 38.5. The smallest absolute Gasteiger partial charge is 0.0547 e. The maximum absolute atomic E-state index is 2.45. The van der Waals surface area contributed by atoms with Crippen molar-refractivity contribution >= 4 is 87.2 Å².